The minimum atomic E-state index is 0.215. The van der Waals surface area contributed by atoms with Crippen LogP contribution in [-0.4, -0.2) is 18.1 Å². The topological polar surface area (TPSA) is 62.4 Å². The number of halogens is 1. The Morgan fingerprint density at radius 3 is 2.82 bits per heavy atom. The number of aliphatic imine (C=N–C) groups is 1. The predicted octanol–water partition coefficient (Wildman–Crippen LogP) is 2.13. The SMILES string of the molecule is CCc1cccc(Cl)c1N/C(N)=N/C(=S)NC. The molecular weight excluding hydrogens is 256 g/mol. The lowest BCUT2D eigenvalue weighted by Gasteiger charge is -2.12. The molecule has 0 amide bonds. The third-order valence-corrected chi connectivity index (χ3v) is 2.78. The molecule has 0 aliphatic rings. The number of nitrogens with zero attached hydrogens (tertiary/aromatic N) is 1. The third kappa shape index (κ3) is 3.87. The summed E-state index contributed by atoms with van der Waals surface area (Å²) >= 11 is 11.0. The molecule has 92 valence electrons. The van der Waals surface area contributed by atoms with Gasteiger partial charge in [0.25, 0.3) is 0 Å². The zero-order valence-electron chi connectivity index (χ0n) is 9.75. The Hall–Kier alpha value is -1.33. The quantitative estimate of drug-likeness (QED) is 0.438. The van der Waals surface area contributed by atoms with E-state index in [1.54, 1.807) is 13.1 Å². The standard InChI is InChI=1S/C11H15ClN4S/c1-3-7-5-4-6-8(12)9(7)15-10(13)16-11(17)14-2/h4-6H,3H2,1-2H3,(H4,13,14,15,16,17). The summed E-state index contributed by atoms with van der Waals surface area (Å²) in [6.45, 7) is 2.04. The number of guanidine groups is 1. The van der Waals surface area contributed by atoms with E-state index >= 15 is 0 Å². The summed E-state index contributed by atoms with van der Waals surface area (Å²) < 4.78 is 0. The highest BCUT2D eigenvalue weighted by atomic mass is 35.5. The highest BCUT2D eigenvalue weighted by Crippen LogP contribution is 2.26. The molecule has 0 atom stereocenters. The molecule has 4 N–H and O–H groups in total. The first-order valence-corrected chi connectivity index (χ1v) is 5.97. The van der Waals surface area contributed by atoms with Gasteiger partial charge in [0.15, 0.2) is 5.11 Å². The first-order valence-electron chi connectivity index (χ1n) is 5.18. The van der Waals surface area contributed by atoms with Gasteiger partial charge in [0, 0.05) is 7.05 Å². The van der Waals surface area contributed by atoms with Crippen molar-refractivity contribution in [3.05, 3.63) is 28.8 Å². The maximum atomic E-state index is 6.10. The molecule has 0 aliphatic heterocycles. The molecular formula is C11H15ClN4S. The van der Waals surface area contributed by atoms with Crippen LogP contribution in [0.3, 0.4) is 0 Å². The van der Waals surface area contributed by atoms with Crippen LogP contribution in [0.5, 0.6) is 0 Å². The fourth-order valence-electron chi connectivity index (χ4n) is 1.32. The van der Waals surface area contributed by atoms with Crippen molar-refractivity contribution in [2.75, 3.05) is 12.4 Å². The van der Waals surface area contributed by atoms with Crippen molar-refractivity contribution in [1.82, 2.24) is 5.32 Å². The Morgan fingerprint density at radius 2 is 2.24 bits per heavy atom. The highest BCUT2D eigenvalue weighted by molar-refractivity contribution is 7.80. The van der Waals surface area contributed by atoms with Crippen molar-refractivity contribution < 1.29 is 0 Å². The van der Waals surface area contributed by atoms with Crippen molar-refractivity contribution in [2.45, 2.75) is 13.3 Å². The second-order valence-corrected chi connectivity index (χ2v) is 4.10. The maximum Gasteiger partial charge on any atom is 0.200 e. The van der Waals surface area contributed by atoms with Crippen LogP contribution in [0.2, 0.25) is 5.02 Å². The van der Waals surface area contributed by atoms with E-state index in [1.807, 2.05) is 19.1 Å². The summed E-state index contributed by atoms with van der Waals surface area (Å²) in [5.41, 5.74) is 7.58. The van der Waals surface area contributed by atoms with Crippen LogP contribution in [0, 0.1) is 0 Å². The monoisotopic (exact) mass is 270 g/mol. The number of nitrogens with one attached hydrogen (secondary N) is 2. The number of benzene rings is 1. The largest absolute Gasteiger partial charge is 0.369 e. The molecule has 6 heteroatoms. The fourth-order valence-corrected chi connectivity index (χ4v) is 1.66. The van der Waals surface area contributed by atoms with Crippen LogP contribution >= 0.6 is 23.8 Å². The van der Waals surface area contributed by atoms with Crippen molar-refractivity contribution in [3.8, 4) is 0 Å². The van der Waals surface area contributed by atoms with Crippen molar-refractivity contribution >= 4 is 40.6 Å². The Morgan fingerprint density at radius 1 is 1.53 bits per heavy atom. The highest BCUT2D eigenvalue weighted by Gasteiger charge is 2.06. The van der Waals surface area contributed by atoms with Crippen molar-refractivity contribution in [3.63, 3.8) is 0 Å². The maximum absolute atomic E-state index is 6.10. The van der Waals surface area contributed by atoms with Crippen LogP contribution in [0.15, 0.2) is 23.2 Å². The van der Waals surface area contributed by atoms with E-state index in [-0.39, 0.29) is 5.96 Å². The minimum Gasteiger partial charge on any atom is -0.369 e. The van der Waals surface area contributed by atoms with Gasteiger partial charge in [-0.15, -0.1) is 0 Å². The molecule has 1 rings (SSSR count). The van der Waals surface area contributed by atoms with Crippen molar-refractivity contribution in [2.24, 2.45) is 10.7 Å². The van der Waals surface area contributed by atoms with Crippen molar-refractivity contribution in [1.29, 1.82) is 0 Å². The number of thiocarbonyl (C=S) groups is 1. The van der Waals surface area contributed by atoms with Crippen LogP contribution in [-0.2, 0) is 6.42 Å². The minimum absolute atomic E-state index is 0.215. The lowest BCUT2D eigenvalue weighted by Crippen LogP contribution is -2.27. The number of aryl methyl sites for hydroxylation is 1. The molecule has 0 bridgehead atoms. The van der Waals surface area contributed by atoms with Gasteiger partial charge >= 0.3 is 0 Å². The first kappa shape index (κ1) is 13.7. The van der Waals surface area contributed by atoms with Crippen LogP contribution < -0.4 is 16.4 Å². The zero-order valence-corrected chi connectivity index (χ0v) is 11.3. The number of hydrogen-bond donors (Lipinski definition) is 3. The van der Waals surface area contributed by atoms with E-state index in [2.05, 4.69) is 15.6 Å². The molecule has 1 aromatic carbocycles. The van der Waals surface area contributed by atoms with E-state index in [1.165, 1.54) is 0 Å². The Labute approximate surface area is 111 Å². The second-order valence-electron chi connectivity index (χ2n) is 3.30. The van der Waals surface area contributed by atoms with E-state index < -0.39 is 0 Å². The summed E-state index contributed by atoms with van der Waals surface area (Å²) in [5.74, 6) is 0.215. The number of hydrogen-bond acceptors (Lipinski definition) is 1. The Balaban J connectivity index is 2.95. The fraction of sp³-hybridized carbons (Fsp3) is 0.273. The molecule has 0 fully saturated rings. The van der Waals surface area contributed by atoms with Gasteiger partial charge in [-0.1, -0.05) is 30.7 Å². The lowest BCUT2D eigenvalue weighted by atomic mass is 10.1. The van der Waals surface area contributed by atoms with Gasteiger partial charge in [0.05, 0.1) is 10.7 Å². The van der Waals surface area contributed by atoms with Crippen LogP contribution in [0.1, 0.15) is 12.5 Å². The molecule has 4 nitrogen and oxygen atoms in total. The van der Waals surface area contributed by atoms with Gasteiger partial charge in [-0.3, -0.25) is 0 Å². The normalized spacial score (nSPS) is 11.1. The second kappa shape index (κ2) is 6.42. The Bertz CT molecular complexity index is 445. The molecule has 0 radical (unpaired) electrons. The summed E-state index contributed by atoms with van der Waals surface area (Å²) in [6.07, 6.45) is 0.854. The van der Waals surface area contributed by atoms with Crippen LogP contribution in [0.4, 0.5) is 5.69 Å². The van der Waals surface area contributed by atoms with E-state index in [9.17, 15) is 0 Å². The first-order chi connectivity index (χ1) is 8.08. The summed E-state index contributed by atoms with van der Waals surface area (Å²) in [7, 11) is 1.69. The average Bonchev–Trinajstić information content (AvgIpc) is 2.31. The van der Waals surface area contributed by atoms with Gasteiger partial charge in [0.1, 0.15) is 0 Å². The van der Waals surface area contributed by atoms with E-state index in [0.29, 0.717) is 10.1 Å². The molecule has 0 aliphatic carbocycles. The zero-order chi connectivity index (χ0) is 12.8. The molecule has 0 heterocycles. The lowest BCUT2D eigenvalue weighted by molar-refractivity contribution is 1.14. The van der Waals surface area contributed by atoms with Crippen LogP contribution in [0.25, 0.3) is 0 Å². The summed E-state index contributed by atoms with van der Waals surface area (Å²) in [4.78, 5) is 3.95. The number of nitrogens with two attached hydrogens (primary N) is 1. The Kier molecular flexibility index (Phi) is 5.18. The molecule has 1 aromatic rings. The summed E-state index contributed by atoms with van der Waals surface area (Å²) in [5, 5.41) is 6.61. The van der Waals surface area contributed by atoms with E-state index in [0.717, 1.165) is 17.7 Å². The third-order valence-electron chi connectivity index (χ3n) is 2.17. The molecule has 0 unspecified atom stereocenters. The number of rotatable bonds is 2. The number of anilines is 1. The van der Waals surface area contributed by atoms with Gasteiger partial charge in [0.2, 0.25) is 5.96 Å². The molecule has 0 spiro atoms. The number of para-hydroxylation sites is 1. The molecule has 0 saturated carbocycles. The average molecular weight is 271 g/mol. The molecule has 0 aromatic heterocycles. The van der Waals surface area contributed by atoms with E-state index in [4.69, 9.17) is 29.6 Å². The van der Waals surface area contributed by atoms with Gasteiger partial charge in [-0.05, 0) is 30.3 Å². The predicted molar refractivity (Wildman–Crippen MR) is 77.7 cm³/mol. The smallest absolute Gasteiger partial charge is 0.200 e. The summed E-state index contributed by atoms with van der Waals surface area (Å²) in [6, 6.07) is 5.68. The molecule has 17 heavy (non-hydrogen) atoms. The van der Waals surface area contributed by atoms with Gasteiger partial charge in [-0.25, -0.2) is 0 Å². The van der Waals surface area contributed by atoms with Gasteiger partial charge < -0.3 is 16.4 Å². The van der Waals surface area contributed by atoms with Gasteiger partial charge in [-0.2, -0.15) is 4.99 Å². The molecule has 0 saturated heterocycles.